The van der Waals surface area contributed by atoms with Gasteiger partial charge in [0.25, 0.3) is 0 Å². The molecule has 1 aliphatic carbocycles. The van der Waals surface area contributed by atoms with E-state index in [1.807, 2.05) is 0 Å². The van der Waals surface area contributed by atoms with Crippen molar-refractivity contribution in [3.63, 3.8) is 0 Å². The van der Waals surface area contributed by atoms with E-state index in [0.717, 1.165) is 6.42 Å². The van der Waals surface area contributed by atoms with Gasteiger partial charge in [0.2, 0.25) is 0 Å². The minimum absolute atomic E-state index is 0.439. The van der Waals surface area contributed by atoms with Gasteiger partial charge < -0.3 is 0 Å². The minimum Gasteiger partial charge on any atom is -0.198 e. The Kier molecular flexibility index (Phi) is 1.48. The predicted octanol–water partition coefficient (Wildman–Crippen LogP) is 2.34. The second-order valence-corrected chi connectivity index (χ2v) is 3.35. The molecule has 1 fully saturated rings. The fourth-order valence-electron chi connectivity index (χ4n) is 1.28. The van der Waals surface area contributed by atoms with Crippen LogP contribution in [0.15, 0.2) is 0 Å². The summed E-state index contributed by atoms with van der Waals surface area (Å²) in [5, 5.41) is 8.44. The molecule has 0 aromatic carbocycles. The molecule has 1 nitrogen and oxygen atoms in total. The van der Waals surface area contributed by atoms with Crippen molar-refractivity contribution in [1.29, 1.82) is 5.26 Å². The molecule has 0 N–H and O–H groups in total. The molecule has 1 aliphatic rings. The van der Waals surface area contributed by atoms with Gasteiger partial charge in [0.1, 0.15) is 0 Å². The summed E-state index contributed by atoms with van der Waals surface area (Å²) in [6.07, 6.45) is 3.32. The molecule has 0 amide bonds. The Balaban J connectivity index is 2.45. The van der Waals surface area contributed by atoms with Crippen LogP contribution in [-0.2, 0) is 0 Å². The fraction of sp³-hybridized carbons (Fsp3) is 0.875. The molecule has 1 saturated carbocycles. The van der Waals surface area contributed by atoms with E-state index in [0.29, 0.717) is 11.3 Å². The second-order valence-electron chi connectivity index (χ2n) is 3.35. The van der Waals surface area contributed by atoms with E-state index in [1.54, 1.807) is 0 Å². The number of hydrogen-bond donors (Lipinski definition) is 0. The van der Waals surface area contributed by atoms with Gasteiger partial charge in [-0.2, -0.15) is 5.26 Å². The summed E-state index contributed by atoms with van der Waals surface area (Å²) in [4.78, 5) is 0. The van der Waals surface area contributed by atoms with Crippen molar-refractivity contribution in [2.45, 2.75) is 33.1 Å². The molecule has 0 saturated heterocycles. The normalized spacial score (nSPS) is 21.6. The largest absolute Gasteiger partial charge is 0.198 e. The van der Waals surface area contributed by atoms with E-state index in [4.69, 9.17) is 5.26 Å². The first-order valence-electron chi connectivity index (χ1n) is 3.58. The van der Waals surface area contributed by atoms with E-state index in [2.05, 4.69) is 19.9 Å². The van der Waals surface area contributed by atoms with Gasteiger partial charge in [-0.25, -0.2) is 0 Å². The molecule has 0 spiro atoms. The third-order valence-electron chi connectivity index (χ3n) is 2.55. The van der Waals surface area contributed by atoms with Crippen molar-refractivity contribution in [1.82, 2.24) is 0 Å². The molecule has 9 heavy (non-hydrogen) atoms. The monoisotopic (exact) mass is 123 g/mol. The summed E-state index contributed by atoms with van der Waals surface area (Å²) < 4.78 is 0. The summed E-state index contributed by atoms with van der Waals surface area (Å²) >= 11 is 0. The Labute approximate surface area is 56.7 Å². The van der Waals surface area contributed by atoms with Gasteiger partial charge in [0.05, 0.1) is 6.07 Å². The fourth-order valence-corrected chi connectivity index (χ4v) is 1.28. The maximum atomic E-state index is 8.44. The first-order chi connectivity index (χ1) is 4.21. The highest BCUT2D eigenvalue weighted by Gasteiger charge is 2.44. The molecule has 1 rings (SSSR count). The predicted molar refractivity (Wildman–Crippen MR) is 36.7 cm³/mol. The maximum Gasteiger partial charge on any atom is 0.0627 e. The van der Waals surface area contributed by atoms with E-state index in [1.165, 1.54) is 12.8 Å². The van der Waals surface area contributed by atoms with Crippen molar-refractivity contribution < 1.29 is 0 Å². The van der Waals surface area contributed by atoms with Gasteiger partial charge in [0, 0.05) is 6.42 Å². The van der Waals surface area contributed by atoms with E-state index < -0.39 is 0 Å². The van der Waals surface area contributed by atoms with Crippen LogP contribution in [-0.4, -0.2) is 0 Å². The molecular weight excluding hydrogens is 110 g/mol. The highest BCUT2D eigenvalue weighted by Crippen LogP contribution is 2.54. The summed E-state index contributed by atoms with van der Waals surface area (Å²) in [6.45, 7) is 4.43. The van der Waals surface area contributed by atoms with Crippen LogP contribution >= 0.6 is 0 Å². The summed E-state index contributed by atoms with van der Waals surface area (Å²) in [6, 6.07) is 2.25. The van der Waals surface area contributed by atoms with Crippen LogP contribution in [0, 0.1) is 22.7 Å². The Morgan fingerprint density at radius 3 is 2.22 bits per heavy atom. The van der Waals surface area contributed by atoms with Crippen LogP contribution in [0.4, 0.5) is 0 Å². The second kappa shape index (κ2) is 2.02. The molecule has 0 aromatic rings. The van der Waals surface area contributed by atoms with Crippen molar-refractivity contribution in [2.75, 3.05) is 0 Å². The van der Waals surface area contributed by atoms with E-state index >= 15 is 0 Å². The zero-order valence-electron chi connectivity index (χ0n) is 6.15. The number of hydrogen-bond acceptors (Lipinski definition) is 1. The highest BCUT2D eigenvalue weighted by atomic mass is 14.5. The SMILES string of the molecule is CC(C)C1(CC#N)CC1. The zero-order valence-corrected chi connectivity index (χ0v) is 6.15. The number of nitrogens with zero attached hydrogens (tertiary/aromatic N) is 1. The molecule has 1 heteroatoms. The summed E-state index contributed by atoms with van der Waals surface area (Å²) in [5.74, 6) is 0.706. The van der Waals surface area contributed by atoms with Crippen molar-refractivity contribution in [3.8, 4) is 6.07 Å². The Morgan fingerprint density at radius 1 is 1.56 bits per heavy atom. The minimum atomic E-state index is 0.439. The molecule has 0 atom stereocenters. The first-order valence-corrected chi connectivity index (χ1v) is 3.58. The first kappa shape index (κ1) is 6.61. The van der Waals surface area contributed by atoms with Crippen LogP contribution in [0.25, 0.3) is 0 Å². The van der Waals surface area contributed by atoms with E-state index in [9.17, 15) is 0 Å². The summed E-state index contributed by atoms with van der Waals surface area (Å²) in [5.41, 5.74) is 0.439. The smallest absolute Gasteiger partial charge is 0.0627 e. The Bertz CT molecular complexity index is 137. The standard InChI is InChI=1S/C8H13N/c1-7(2)8(3-4-8)5-6-9/h7H,3-5H2,1-2H3. The van der Waals surface area contributed by atoms with E-state index in [-0.39, 0.29) is 0 Å². The third kappa shape index (κ3) is 1.08. The maximum absolute atomic E-state index is 8.44. The molecule has 0 bridgehead atoms. The molecular formula is C8H13N. The van der Waals surface area contributed by atoms with Gasteiger partial charge in [0.15, 0.2) is 0 Å². The van der Waals surface area contributed by atoms with Gasteiger partial charge >= 0.3 is 0 Å². The van der Waals surface area contributed by atoms with Crippen LogP contribution in [0.3, 0.4) is 0 Å². The quantitative estimate of drug-likeness (QED) is 0.553. The number of nitriles is 1. The third-order valence-corrected chi connectivity index (χ3v) is 2.55. The lowest BCUT2D eigenvalue weighted by atomic mass is 9.90. The zero-order chi connectivity index (χ0) is 6.91. The van der Waals surface area contributed by atoms with Crippen LogP contribution in [0.2, 0.25) is 0 Å². The van der Waals surface area contributed by atoms with Crippen molar-refractivity contribution in [3.05, 3.63) is 0 Å². The summed E-state index contributed by atoms with van der Waals surface area (Å²) in [7, 11) is 0. The molecule has 0 heterocycles. The Hall–Kier alpha value is -0.510. The lowest BCUT2D eigenvalue weighted by Gasteiger charge is -2.14. The van der Waals surface area contributed by atoms with Crippen LogP contribution < -0.4 is 0 Å². The number of rotatable bonds is 2. The van der Waals surface area contributed by atoms with Gasteiger partial charge in [-0.15, -0.1) is 0 Å². The topological polar surface area (TPSA) is 23.8 Å². The molecule has 0 aromatic heterocycles. The van der Waals surface area contributed by atoms with Gasteiger partial charge in [-0.3, -0.25) is 0 Å². The highest BCUT2D eigenvalue weighted by molar-refractivity contribution is 5.00. The molecule has 50 valence electrons. The van der Waals surface area contributed by atoms with Crippen LogP contribution in [0.5, 0.6) is 0 Å². The van der Waals surface area contributed by atoms with Crippen molar-refractivity contribution in [2.24, 2.45) is 11.3 Å². The van der Waals surface area contributed by atoms with Gasteiger partial charge in [-0.1, -0.05) is 13.8 Å². The van der Waals surface area contributed by atoms with Crippen molar-refractivity contribution >= 4 is 0 Å². The molecule has 0 aliphatic heterocycles. The Morgan fingerprint density at radius 2 is 2.11 bits per heavy atom. The van der Waals surface area contributed by atoms with Crippen LogP contribution in [0.1, 0.15) is 33.1 Å². The average Bonchev–Trinajstić information content (AvgIpc) is 2.49. The lowest BCUT2D eigenvalue weighted by molar-refractivity contribution is 0.367. The average molecular weight is 123 g/mol. The molecule has 0 unspecified atom stereocenters. The van der Waals surface area contributed by atoms with Gasteiger partial charge in [-0.05, 0) is 24.2 Å². The lowest BCUT2D eigenvalue weighted by Crippen LogP contribution is -2.07. The molecule has 0 radical (unpaired) electrons.